The maximum Gasteiger partial charge on any atom is 0.226 e. The summed E-state index contributed by atoms with van der Waals surface area (Å²) in [6, 6.07) is 0. The summed E-state index contributed by atoms with van der Waals surface area (Å²) in [4.78, 5) is 14.1. The molecule has 60 valence electrons. The van der Waals surface area contributed by atoms with E-state index in [1.807, 2.05) is 0 Å². The Kier molecular flexibility index (Phi) is 2.22. The lowest BCUT2D eigenvalue weighted by atomic mass is 10.4. The number of oxazole rings is 1. The van der Waals surface area contributed by atoms with E-state index in [9.17, 15) is 4.79 Å². The molecule has 1 aromatic heterocycles. The predicted octanol–water partition coefficient (Wildman–Crippen LogP) is -0.805. The second-order valence-corrected chi connectivity index (χ2v) is 2.03. The van der Waals surface area contributed by atoms with Crippen LogP contribution in [-0.2, 0) is 17.8 Å². The van der Waals surface area contributed by atoms with E-state index in [1.165, 1.54) is 6.26 Å². The van der Waals surface area contributed by atoms with Crippen LogP contribution >= 0.6 is 0 Å². The first-order valence-electron chi connectivity index (χ1n) is 3.05. The van der Waals surface area contributed by atoms with E-state index in [1.54, 1.807) is 0 Å². The van der Waals surface area contributed by atoms with Crippen molar-refractivity contribution in [2.75, 3.05) is 0 Å². The standard InChI is InChI=1S/C6H8N2O3/c7-5(10)1-6-8-4(2-9)3-11-6/h3,9H,1-2H2,(H2,7,10). The van der Waals surface area contributed by atoms with Gasteiger partial charge in [0.25, 0.3) is 0 Å². The number of nitrogens with zero attached hydrogens (tertiary/aromatic N) is 1. The van der Waals surface area contributed by atoms with Gasteiger partial charge in [-0.1, -0.05) is 0 Å². The zero-order valence-corrected chi connectivity index (χ0v) is 5.78. The molecule has 0 aliphatic heterocycles. The number of primary amides is 1. The molecule has 1 heterocycles. The van der Waals surface area contributed by atoms with Crippen LogP contribution in [0.25, 0.3) is 0 Å². The van der Waals surface area contributed by atoms with Gasteiger partial charge in [0.05, 0.1) is 6.61 Å². The second kappa shape index (κ2) is 3.16. The van der Waals surface area contributed by atoms with Crippen molar-refractivity contribution in [3.8, 4) is 0 Å². The molecule has 5 heteroatoms. The average molecular weight is 156 g/mol. The minimum atomic E-state index is -0.503. The van der Waals surface area contributed by atoms with Crippen LogP contribution in [0.3, 0.4) is 0 Å². The van der Waals surface area contributed by atoms with Crippen LogP contribution in [0.5, 0.6) is 0 Å². The quantitative estimate of drug-likeness (QED) is 0.599. The number of carbonyl (C=O) groups is 1. The summed E-state index contributed by atoms with van der Waals surface area (Å²) in [5.74, 6) is -0.266. The smallest absolute Gasteiger partial charge is 0.226 e. The van der Waals surface area contributed by atoms with E-state index in [-0.39, 0.29) is 18.9 Å². The van der Waals surface area contributed by atoms with Gasteiger partial charge in [-0.3, -0.25) is 4.79 Å². The summed E-state index contributed by atoms with van der Waals surface area (Å²) in [5, 5.41) is 8.55. The Morgan fingerprint density at radius 2 is 2.55 bits per heavy atom. The number of aliphatic hydroxyl groups excluding tert-OH is 1. The number of amides is 1. The Bertz CT molecular complexity index is 256. The first-order chi connectivity index (χ1) is 5.22. The zero-order valence-electron chi connectivity index (χ0n) is 5.78. The highest BCUT2D eigenvalue weighted by molar-refractivity contribution is 5.75. The van der Waals surface area contributed by atoms with E-state index in [4.69, 9.17) is 15.3 Å². The minimum absolute atomic E-state index is 0.0278. The van der Waals surface area contributed by atoms with Crippen LogP contribution in [-0.4, -0.2) is 16.0 Å². The Morgan fingerprint density at radius 1 is 1.82 bits per heavy atom. The molecule has 0 saturated heterocycles. The molecule has 0 saturated carbocycles. The molecule has 0 spiro atoms. The number of hydrogen-bond donors (Lipinski definition) is 2. The molecule has 3 N–H and O–H groups in total. The van der Waals surface area contributed by atoms with Crippen LogP contribution in [0.1, 0.15) is 11.6 Å². The molecule has 1 amide bonds. The van der Waals surface area contributed by atoms with Gasteiger partial charge >= 0.3 is 0 Å². The number of carbonyl (C=O) groups excluding carboxylic acids is 1. The molecule has 0 aliphatic carbocycles. The maximum absolute atomic E-state index is 10.3. The topological polar surface area (TPSA) is 89.4 Å². The van der Waals surface area contributed by atoms with Gasteiger partial charge < -0.3 is 15.3 Å². The van der Waals surface area contributed by atoms with Crippen molar-refractivity contribution >= 4 is 5.91 Å². The zero-order chi connectivity index (χ0) is 8.27. The minimum Gasteiger partial charge on any atom is -0.448 e. The molecular weight excluding hydrogens is 148 g/mol. The summed E-state index contributed by atoms with van der Waals surface area (Å²) < 4.78 is 4.79. The van der Waals surface area contributed by atoms with Crippen molar-refractivity contribution in [2.24, 2.45) is 5.73 Å². The van der Waals surface area contributed by atoms with E-state index < -0.39 is 5.91 Å². The number of rotatable bonds is 3. The van der Waals surface area contributed by atoms with Gasteiger partial charge in [0, 0.05) is 0 Å². The van der Waals surface area contributed by atoms with Crippen LogP contribution < -0.4 is 5.73 Å². The van der Waals surface area contributed by atoms with E-state index >= 15 is 0 Å². The molecule has 0 fully saturated rings. The first kappa shape index (κ1) is 7.74. The highest BCUT2D eigenvalue weighted by Crippen LogP contribution is 2.01. The normalized spacial score (nSPS) is 9.91. The van der Waals surface area contributed by atoms with Crippen molar-refractivity contribution in [2.45, 2.75) is 13.0 Å². The molecular formula is C6H8N2O3. The fraction of sp³-hybridized carbons (Fsp3) is 0.333. The van der Waals surface area contributed by atoms with Crippen LogP contribution in [0.15, 0.2) is 10.7 Å². The Balaban J connectivity index is 2.65. The van der Waals surface area contributed by atoms with Crippen molar-refractivity contribution in [3.05, 3.63) is 17.8 Å². The summed E-state index contributed by atoms with van der Waals surface area (Å²) in [6.07, 6.45) is 1.26. The maximum atomic E-state index is 10.3. The first-order valence-corrected chi connectivity index (χ1v) is 3.05. The molecule has 5 nitrogen and oxygen atoms in total. The Morgan fingerprint density at radius 3 is 3.00 bits per heavy atom. The molecule has 1 aromatic rings. The van der Waals surface area contributed by atoms with Crippen molar-refractivity contribution in [1.29, 1.82) is 0 Å². The molecule has 0 radical (unpaired) electrons. The third kappa shape index (κ3) is 2.05. The average Bonchev–Trinajstić information content (AvgIpc) is 2.34. The molecule has 0 aliphatic rings. The summed E-state index contributed by atoms with van der Waals surface area (Å²) in [5.41, 5.74) is 5.28. The van der Waals surface area contributed by atoms with Gasteiger partial charge in [0.15, 0.2) is 0 Å². The molecule has 0 aromatic carbocycles. The Hall–Kier alpha value is -1.36. The van der Waals surface area contributed by atoms with Gasteiger partial charge in [0.2, 0.25) is 11.8 Å². The van der Waals surface area contributed by atoms with Crippen molar-refractivity contribution in [1.82, 2.24) is 4.98 Å². The lowest BCUT2D eigenvalue weighted by molar-refractivity contribution is -0.117. The third-order valence-electron chi connectivity index (χ3n) is 1.09. The highest BCUT2D eigenvalue weighted by atomic mass is 16.3. The Labute approximate surface area is 62.8 Å². The largest absolute Gasteiger partial charge is 0.448 e. The van der Waals surface area contributed by atoms with Crippen molar-refractivity contribution < 1.29 is 14.3 Å². The van der Waals surface area contributed by atoms with Gasteiger partial charge in [-0.15, -0.1) is 0 Å². The lowest BCUT2D eigenvalue weighted by Crippen LogP contribution is -2.13. The SMILES string of the molecule is NC(=O)Cc1nc(CO)co1. The van der Waals surface area contributed by atoms with Crippen LogP contribution in [0, 0.1) is 0 Å². The van der Waals surface area contributed by atoms with Gasteiger partial charge in [0.1, 0.15) is 18.4 Å². The van der Waals surface area contributed by atoms with Crippen LogP contribution in [0.4, 0.5) is 0 Å². The van der Waals surface area contributed by atoms with Gasteiger partial charge in [-0.05, 0) is 0 Å². The van der Waals surface area contributed by atoms with Crippen LogP contribution in [0.2, 0.25) is 0 Å². The lowest BCUT2D eigenvalue weighted by Gasteiger charge is -1.85. The number of hydrogen-bond acceptors (Lipinski definition) is 4. The van der Waals surface area contributed by atoms with E-state index in [0.29, 0.717) is 5.69 Å². The molecule has 1 rings (SSSR count). The fourth-order valence-electron chi connectivity index (χ4n) is 0.652. The summed E-state index contributed by atoms with van der Waals surface area (Å²) >= 11 is 0. The second-order valence-electron chi connectivity index (χ2n) is 2.03. The van der Waals surface area contributed by atoms with Gasteiger partial charge in [-0.25, -0.2) is 4.98 Å². The number of aromatic nitrogens is 1. The molecule has 0 unspecified atom stereocenters. The summed E-state index contributed by atoms with van der Waals surface area (Å²) in [6.45, 7) is -0.192. The predicted molar refractivity (Wildman–Crippen MR) is 35.3 cm³/mol. The third-order valence-corrected chi connectivity index (χ3v) is 1.09. The molecule has 11 heavy (non-hydrogen) atoms. The summed E-state index contributed by atoms with van der Waals surface area (Å²) in [7, 11) is 0. The fourth-order valence-corrected chi connectivity index (χ4v) is 0.652. The number of aliphatic hydroxyl groups is 1. The van der Waals surface area contributed by atoms with Gasteiger partial charge in [-0.2, -0.15) is 0 Å². The number of nitrogens with two attached hydrogens (primary N) is 1. The van der Waals surface area contributed by atoms with E-state index in [0.717, 1.165) is 0 Å². The highest BCUT2D eigenvalue weighted by Gasteiger charge is 2.05. The van der Waals surface area contributed by atoms with E-state index in [2.05, 4.69) is 4.98 Å². The molecule has 0 bridgehead atoms. The molecule has 0 atom stereocenters. The monoisotopic (exact) mass is 156 g/mol. The van der Waals surface area contributed by atoms with Crippen molar-refractivity contribution in [3.63, 3.8) is 0 Å².